The number of hydrogen-bond acceptors (Lipinski definition) is 2. The number of carbonyl (C=O) groups excluding carboxylic acids is 1. The average molecular weight is 246 g/mol. The van der Waals surface area contributed by atoms with Gasteiger partial charge in [-0.25, -0.2) is 0 Å². The zero-order valence-electron chi connectivity index (χ0n) is 11.0. The van der Waals surface area contributed by atoms with Gasteiger partial charge >= 0.3 is 0 Å². The molecule has 3 nitrogen and oxygen atoms in total. The maximum atomic E-state index is 10.7. The van der Waals surface area contributed by atoms with Crippen molar-refractivity contribution in [1.82, 2.24) is 5.32 Å². The number of primary amides is 1. The first-order valence-corrected chi connectivity index (χ1v) is 6.75. The summed E-state index contributed by atoms with van der Waals surface area (Å²) in [6.07, 6.45) is 3.91. The third-order valence-corrected chi connectivity index (χ3v) is 3.49. The van der Waals surface area contributed by atoms with Crippen LogP contribution in [0.25, 0.3) is 0 Å². The standard InChI is InChI=1S/C15H22N2O/c1-11-4-6-12(7-5-11)15(13-8-9-13)17-10-2-3-14(16)18/h4-7,13,15,17H,2-3,8-10H2,1H3,(H2,16,18). The lowest BCUT2D eigenvalue weighted by Gasteiger charge is -2.19. The minimum absolute atomic E-state index is 0.213. The average Bonchev–Trinajstić information content (AvgIpc) is 3.15. The van der Waals surface area contributed by atoms with Gasteiger partial charge in [0.1, 0.15) is 0 Å². The number of hydrogen-bond donors (Lipinski definition) is 2. The van der Waals surface area contributed by atoms with Crippen molar-refractivity contribution in [1.29, 1.82) is 0 Å². The molecule has 1 saturated carbocycles. The SMILES string of the molecule is Cc1ccc(C(NCCCC(N)=O)C2CC2)cc1. The molecule has 1 unspecified atom stereocenters. The van der Waals surface area contributed by atoms with Crippen molar-refractivity contribution in [3.63, 3.8) is 0 Å². The van der Waals surface area contributed by atoms with Crippen molar-refractivity contribution in [3.8, 4) is 0 Å². The quantitative estimate of drug-likeness (QED) is 0.725. The molecule has 98 valence electrons. The zero-order valence-corrected chi connectivity index (χ0v) is 11.0. The molecule has 0 heterocycles. The van der Waals surface area contributed by atoms with Crippen molar-refractivity contribution in [2.75, 3.05) is 6.54 Å². The third-order valence-electron chi connectivity index (χ3n) is 3.49. The van der Waals surface area contributed by atoms with Crippen LogP contribution < -0.4 is 11.1 Å². The minimum Gasteiger partial charge on any atom is -0.370 e. The first kappa shape index (κ1) is 13.1. The summed E-state index contributed by atoms with van der Waals surface area (Å²) in [7, 11) is 0. The molecule has 0 bridgehead atoms. The predicted octanol–water partition coefficient (Wildman–Crippen LogP) is 2.30. The summed E-state index contributed by atoms with van der Waals surface area (Å²) in [5.74, 6) is 0.552. The molecular weight excluding hydrogens is 224 g/mol. The number of rotatable bonds is 7. The van der Waals surface area contributed by atoms with Gasteiger partial charge < -0.3 is 11.1 Å². The van der Waals surface area contributed by atoms with Crippen LogP contribution in [0.2, 0.25) is 0 Å². The number of amides is 1. The molecule has 1 fully saturated rings. The molecule has 3 heteroatoms. The van der Waals surface area contributed by atoms with Crippen molar-refractivity contribution in [2.24, 2.45) is 11.7 Å². The molecule has 0 radical (unpaired) electrons. The van der Waals surface area contributed by atoms with Gasteiger partial charge in [0.05, 0.1) is 0 Å². The first-order chi connectivity index (χ1) is 8.66. The van der Waals surface area contributed by atoms with Crippen LogP contribution in [0.1, 0.15) is 42.9 Å². The van der Waals surface area contributed by atoms with Crippen LogP contribution in [0, 0.1) is 12.8 Å². The van der Waals surface area contributed by atoms with Gasteiger partial charge in [-0.05, 0) is 44.2 Å². The van der Waals surface area contributed by atoms with E-state index >= 15 is 0 Å². The van der Waals surface area contributed by atoms with E-state index in [1.807, 2.05) is 0 Å². The van der Waals surface area contributed by atoms with E-state index in [1.165, 1.54) is 24.0 Å². The molecule has 0 aliphatic heterocycles. The monoisotopic (exact) mass is 246 g/mol. The fraction of sp³-hybridized carbons (Fsp3) is 0.533. The van der Waals surface area contributed by atoms with Crippen LogP contribution in [0.5, 0.6) is 0 Å². The highest BCUT2D eigenvalue weighted by Crippen LogP contribution is 2.40. The van der Waals surface area contributed by atoms with Gasteiger partial charge in [0, 0.05) is 12.5 Å². The van der Waals surface area contributed by atoms with Crippen LogP contribution in [0.15, 0.2) is 24.3 Å². The maximum absolute atomic E-state index is 10.7. The van der Waals surface area contributed by atoms with Crippen LogP contribution in [-0.4, -0.2) is 12.5 Å². The number of aryl methyl sites for hydroxylation is 1. The number of carbonyl (C=O) groups is 1. The molecule has 1 aromatic carbocycles. The fourth-order valence-electron chi connectivity index (χ4n) is 2.28. The molecule has 3 N–H and O–H groups in total. The summed E-state index contributed by atoms with van der Waals surface area (Å²) >= 11 is 0. The van der Waals surface area contributed by atoms with E-state index in [1.54, 1.807) is 0 Å². The van der Waals surface area contributed by atoms with Crippen molar-refractivity contribution in [3.05, 3.63) is 35.4 Å². The van der Waals surface area contributed by atoms with Crippen molar-refractivity contribution < 1.29 is 4.79 Å². The van der Waals surface area contributed by atoms with E-state index in [2.05, 4.69) is 36.5 Å². The summed E-state index contributed by atoms with van der Waals surface area (Å²) < 4.78 is 0. The Labute approximate surface area is 109 Å². The van der Waals surface area contributed by atoms with Crippen molar-refractivity contribution in [2.45, 2.75) is 38.6 Å². The third kappa shape index (κ3) is 3.84. The lowest BCUT2D eigenvalue weighted by Crippen LogP contribution is -2.25. The molecule has 2 rings (SSSR count). The molecule has 18 heavy (non-hydrogen) atoms. The molecule has 1 amide bonds. The first-order valence-electron chi connectivity index (χ1n) is 6.75. The van der Waals surface area contributed by atoms with Gasteiger partial charge in [0.2, 0.25) is 5.91 Å². The highest BCUT2D eigenvalue weighted by atomic mass is 16.1. The Balaban J connectivity index is 1.88. The lowest BCUT2D eigenvalue weighted by atomic mass is 10.0. The second-order valence-electron chi connectivity index (χ2n) is 5.25. The molecule has 1 aromatic rings. The molecule has 1 aliphatic rings. The van der Waals surface area contributed by atoms with E-state index in [0.29, 0.717) is 12.5 Å². The van der Waals surface area contributed by atoms with Crippen LogP contribution >= 0.6 is 0 Å². The number of nitrogens with two attached hydrogens (primary N) is 1. The van der Waals surface area contributed by atoms with Gasteiger partial charge in [0.25, 0.3) is 0 Å². The Bertz CT molecular complexity index is 395. The summed E-state index contributed by atoms with van der Waals surface area (Å²) in [4.78, 5) is 10.7. The van der Waals surface area contributed by atoms with E-state index in [9.17, 15) is 4.79 Å². The second kappa shape index (κ2) is 6.01. The van der Waals surface area contributed by atoms with Gasteiger partial charge in [0.15, 0.2) is 0 Å². The van der Waals surface area contributed by atoms with Crippen LogP contribution in [-0.2, 0) is 4.79 Å². The van der Waals surface area contributed by atoms with Crippen molar-refractivity contribution >= 4 is 5.91 Å². The van der Waals surface area contributed by atoms with E-state index in [-0.39, 0.29) is 5.91 Å². The van der Waals surface area contributed by atoms with Crippen LogP contribution in [0.3, 0.4) is 0 Å². The predicted molar refractivity (Wildman–Crippen MR) is 73.1 cm³/mol. The summed E-state index contributed by atoms with van der Waals surface area (Å²) in [5, 5.41) is 3.57. The minimum atomic E-state index is -0.213. The van der Waals surface area contributed by atoms with E-state index < -0.39 is 0 Å². The van der Waals surface area contributed by atoms with Crippen LogP contribution in [0.4, 0.5) is 0 Å². The van der Waals surface area contributed by atoms with Gasteiger partial charge in [-0.3, -0.25) is 4.79 Å². The largest absolute Gasteiger partial charge is 0.370 e. The number of benzene rings is 1. The molecule has 1 aliphatic carbocycles. The zero-order chi connectivity index (χ0) is 13.0. The topological polar surface area (TPSA) is 55.1 Å². The molecular formula is C15H22N2O. The fourth-order valence-corrected chi connectivity index (χ4v) is 2.28. The molecule has 1 atom stereocenters. The smallest absolute Gasteiger partial charge is 0.217 e. The summed E-state index contributed by atoms with van der Waals surface area (Å²) in [6.45, 7) is 2.97. The second-order valence-corrected chi connectivity index (χ2v) is 5.25. The summed E-state index contributed by atoms with van der Waals surface area (Å²) in [5.41, 5.74) is 7.80. The number of nitrogens with one attached hydrogen (secondary N) is 1. The normalized spacial score (nSPS) is 16.5. The van der Waals surface area contributed by atoms with E-state index in [0.717, 1.165) is 18.9 Å². The van der Waals surface area contributed by atoms with Gasteiger partial charge in [-0.15, -0.1) is 0 Å². The molecule has 0 aromatic heterocycles. The lowest BCUT2D eigenvalue weighted by molar-refractivity contribution is -0.118. The highest BCUT2D eigenvalue weighted by molar-refractivity contribution is 5.73. The van der Waals surface area contributed by atoms with Gasteiger partial charge in [-0.2, -0.15) is 0 Å². The Morgan fingerprint density at radius 2 is 2.06 bits per heavy atom. The Morgan fingerprint density at radius 1 is 1.39 bits per heavy atom. The van der Waals surface area contributed by atoms with E-state index in [4.69, 9.17) is 5.73 Å². The molecule has 0 saturated heterocycles. The van der Waals surface area contributed by atoms with Gasteiger partial charge in [-0.1, -0.05) is 29.8 Å². The Morgan fingerprint density at radius 3 is 2.61 bits per heavy atom. The summed E-state index contributed by atoms with van der Waals surface area (Å²) in [6, 6.07) is 9.18. The Hall–Kier alpha value is -1.35. The highest BCUT2D eigenvalue weighted by Gasteiger charge is 2.31. The maximum Gasteiger partial charge on any atom is 0.217 e. The molecule has 0 spiro atoms. The Kier molecular flexibility index (Phi) is 4.37.